The number of para-hydroxylation sites is 1. The first-order valence-corrected chi connectivity index (χ1v) is 9.29. The molecule has 26 heavy (non-hydrogen) atoms. The molecule has 1 aromatic carbocycles. The molecule has 0 bridgehead atoms. The van der Waals surface area contributed by atoms with Crippen LogP contribution in [0, 0.1) is 6.92 Å². The molecule has 0 saturated heterocycles. The highest BCUT2D eigenvalue weighted by Crippen LogP contribution is 2.31. The predicted octanol–water partition coefficient (Wildman–Crippen LogP) is 3.89. The number of thiophene rings is 1. The molecule has 6 nitrogen and oxygen atoms in total. The fraction of sp³-hybridized carbons (Fsp3) is 0.316. The van der Waals surface area contributed by atoms with Gasteiger partial charge in [0.1, 0.15) is 9.71 Å². The van der Waals surface area contributed by atoms with E-state index in [9.17, 15) is 9.59 Å². The van der Waals surface area contributed by atoms with Crippen molar-refractivity contribution in [3.05, 3.63) is 47.0 Å². The van der Waals surface area contributed by atoms with E-state index in [4.69, 9.17) is 9.47 Å². The first-order chi connectivity index (χ1) is 12.5. The summed E-state index contributed by atoms with van der Waals surface area (Å²) < 4.78 is 12.1. The summed E-state index contributed by atoms with van der Waals surface area (Å²) in [4.78, 5) is 25.6. The van der Waals surface area contributed by atoms with Crippen LogP contribution in [-0.2, 0) is 14.3 Å². The minimum atomic E-state index is -0.889. The zero-order valence-corrected chi connectivity index (χ0v) is 15.7. The molecule has 0 radical (unpaired) electrons. The second kappa shape index (κ2) is 7.70. The topological polar surface area (TPSA) is 70.4 Å². The summed E-state index contributed by atoms with van der Waals surface area (Å²) in [6.45, 7) is 5.65. The van der Waals surface area contributed by atoms with Crippen LogP contribution in [0.4, 0.5) is 0 Å². The van der Waals surface area contributed by atoms with E-state index in [2.05, 4.69) is 5.10 Å². The van der Waals surface area contributed by atoms with Crippen LogP contribution < -0.4 is 0 Å². The van der Waals surface area contributed by atoms with Gasteiger partial charge in [0.15, 0.2) is 6.10 Å². The number of aryl methyl sites for hydroxylation is 1. The largest absolute Gasteiger partial charge is 0.463 e. The summed E-state index contributed by atoms with van der Waals surface area (Å²) in [6.07, 6.45) is -0.522. The molecule has 3 rings (SSSR count). The molecule has 2 aromatic heterocycles. The van der Waals surface area contributed by atoms with Gasteiger partial charge in [-0.15, -0.1) is 11.3 Å². The lowest BCUT2D eigenvalue weighted by atomic mass is 10.2. The van der Waals surface area contributed by atoms with Crippen LogP contribution in [0.1, 0.15) is 35.6 Å². The number of nitrogens with zero attached hydrogens (tertiary/aromatic N) is 2. The lowest BCUT2D eigenvalue weighted by molar-refractivity contribution is -0.153. The number of benzene rings is 1. The van der Waals surface area contributed by atoms with Gasteiger partial charge in [0, 0.05) is 5.39 Å². The molecule has 1 atom stereocenters. The average Bonchev–Trinajstić information content (AvgIpc) is 3.21. The van der Waals surface area contributed by atoms with E-state index in [1.807, 2.05) is 41.9 Å². The maximum absolute atomic E-state index is 12.5. The molecule has 0 spiro atoms. The van der Waals surface area contributed by atoms with Crippen molar-refractivity contribution in [2.45, 2.75) is 33.3 Å². The van der Waals surface area contributed by atoms with Crippen molar-refractivity contribution in [2.75, 3.05) is 6.61 Å². The number of carbonyl (C=O) groups excluding carboxylic acids is 2. The summed E-state index contributed by atoms with van der Waals surface area (Å²) >= 11 is 1.30. The van der Waals surface area contributed by atoms with Gasteiger partial charge in [-0.05, 0) is 38.5 Å². The Hall–Kier alpha value is -2.67. The van der Waals surface area contributed by atoms with E-state index < -0.39 is 18.0 Å². The van der Waals surface area contributed by atoms with Crippen molar-refractivity contribution in [1.82, 2.24) is 9.78 Å². The molecule has 0 fully saturated rings. The van der Waals surface area contributed by atoms with E-state index in [1.165, 1.54) is 11.3 Å². The van der Waals surface area contributed by atoms with E-state index in [0.717, 1.165) is 21.6 Å². The maximum Gasteiger partial charge on any atom is 0.349 e. The van der Waals surface area contributed by atoms with Crippen molar-refractivity contribution >= 4 is 33.5 Å². The molecule has 0 saturated carbocycles. The minimum absolute atomic E-state index is 0.252. The third kappa shape index (κ3) is 3.48. The van der Waals surface area contributed by atoms with Crippen molar-refractivity contribution in [2.24, 2.45) is 0 Å². The Bertz CT molecular complexity index is 930. The monoisotopic (exact) mass is 372 g/mol. The number of ether oxygens (including phenoxy) is 2. The summed E-state index contributed by atoms with van der Waals surface area (Å²) in [6, 6.07) is 11.5. The molecule has 136 valence electrons. The van der Waals surface area contributed by atoms with Gasteiger partial charge in [-0.3, -0.25) is 0 Å². The number of hydrogen-bond acceptors (Lipinski definition) is 6. The lowest BCUT2D eigenvalue weighted by Gasteiger charge is -2.13. The highest BCUT2D eigenvalue weighted by atomic mass is 32.1. The van der Waals surface area contributed by atoms with Gasteiger partial charge in [0.05, 0.1) is 18.0 Å². The van der Waals surface area contributed by atoms with Crippen molar-refractivity contribution in [1.29, 1.82) is 0 Å². The van der Waals surface area contributed by atoms with Crippen LogP contribution in [0.3, 0.4) is 0 Å². The lowest BCUT2D eigenvalue weighted by Crippen LogP contribution is -2.28. The Labute approximate surface area is 155 Å². The molecule has 0 N–H and O–H groups in total. The number of fused-ring (bicyclic) bond motifs is 1. The van der Waals surface area contributed by atoms with Crippen molar-refractivity contribution in [3.8, 4) is 5.69 Å². The Morgan fingerprint density at radius 1 is 1.23 bits per heavy atom. The zero-order valence-electron chi connectivity index (χ0n) is 14.9. The number of aromatic nitrogens is 2. The zero-order chi connectivity index (χ0) is 18.7. The van der Waals surface area contributed by atoms with Crippen molar-refractivity contribution in [3.63, 3.8) is 0 Å². The minimum Gasteiger partial charge on any atom is -0.463 e. The Morgan fingerprint density at radius 3 is 2.62 bits per heavy atom. The van der Waals surface area contributed by atoms with Crippen LogP contribution in [0.2, 0.25) is 0 Å². The quantitative estimate of drug-likeness (QED) is 0.614. The van der Waals surface area contributed by atoms with Gasteiger partial charge in [0.2, 0.25) is 0 Å². The number of carbonyl (C=O) groups is 2. The highest BCUT2D eigenvalue weighted by Gasteiger charge is 2.25. The fourth-order valence-electron chi connectivity index (χ4n) is 2.61. The third-order valence-electron chi connectivity index (χ3n) is 3.92. The van der Waals surface area contributed by atoms with Gasteiger partial charge in [-0.25, -0.2) is 14.3 Å². The first-order valence-electron chi connectivity index (χ1n) is 8.47. The van der Waals surface area contributed by atoms with Gasteiger partial charge in [-0.2, -0.15) is 5.10 Å². The molecule has 7 heteroatoms. The molecule has 0 aliphatic carbocycles. The number of rotatable bonds is 6. The van der Waals surface area contributed by atoms with Gasteiger partial charge >= 0.3 is 11.9 Å². The van der Waals surface area contributed by atoms with Gasteiger partial charge in [0.25, 0.3) is 0 Å². The summed E-state index contributed by atoms with van der Waals surface area (Å²) in [5.74, 6) is -1.04. The SMILES string of the molecule is CCOC(=O)[C@@H](CC)OC(=O)c1cc2c(C)nn(-c3ccccc3)c2s1. The highest BCUT2D eigenvalue weighted by molar-refractivity contribution is 7.20. The second-order valence-electron chi connectivity index (χ2n) is 5.72. The Kier molecular flexibility index (Phi) is 5.37. The van der Waals surface area contributed by atoms with Crippen LogP contribution in [0.15, 0.2) is 36.4 Å². The van der Waals surface area contributed by atoms with Crippen LogP contribution in [-0.4, -0.2) is 34.4 Å². The predicted molar refractivity (Wildman–Crippen MR) is 99.8 cm³/mol. The normalized spacial score (nSPS) is 12.1. The molecule has 2 heterocycles. The molecular weight excluding hydrogens is 352 g/mol. The maximum atomic E-state index is 12.5. The fourth-order valence-corrected chi connectivity index (χ4v) is 3.68. The third-order valence-corrected chi connectivity index (χ3v) is 5.01. The van der Waals surface area contributed by atoms with Crippen LogP contribution in [0.5, 0.6) is 0 Å². The Morgan fingerprint density at radius 2 is 1.96 bits per heavy atom. The molecule has 0 amide bonds. The van der Waals surface area contributed by atoms with E-state index >= 15 is 0 Å². The van der Waals surface area contributed by atoms with Gasteiger partial charge < -0.3 is 9.47 Å². The molecule has 0 aliphatic rings. The summed E-state index contributed by atoms with van der Waals surface area (Å²) in [5, 5.41) is 5.45. The van der Waals surface area contributed by atoms with E-state index in [0.29, 0.717) is 11.3 Å². The molecule has 0 unspecified atom stereocenters. The van der Waals surface area contributed by atoms with Crippen LogP contribution >= 0.6 is 11.3 Å². The average molecular weight is 372 g/mol. The molecule has 0 aliphatic heterocycles. The number of hydrogen-bond donors (Lipinski definition) is 0. The molecular formula is C19H20N2O4S. The summed E-state index contributed by atoms with van der Waals surface area (Å²) in [7, 11) is 0. The first kappa shape index (κ1) is 18.1. The van der Waals surface area contributed by atoms with Crippen LogP contribution in [0.25, 0.3) is 15.9 Å². The smallest absolute Gasteiger partial charge is 0.349 e. The van der Waals surface area contributed by atoms with E-state index in [1.54, 1.807) is 19.9 Å². The van der Waals surface area contributed by atoms with E-state index in [-0.39, 0.29) is 6.61 Å². The van der Waals surface area contributed by atoms with Crippen molar-refractivity contribution < 1.29 is 19.1 Å². The standard InChI is InChI=1S/C19H20N2O4S/c1-4-15(18(22)24-5-2)25-19(23)16-11-14-12(3)20-21(17(14)26-16)13-9-7-6-8-10-13/h6-11,15H,4-5H2,1-3H3/t15-/m1/s1. The Balaban J connectivity index is 1.89. The molecule has 3 aromatic rings. The second-order valence-corrected chi connectivity index (χ2v) is 6.75. The number of esters is 2. The summed E-state index contributed by atoms with van der Waals surface area (Å²) in [5.41, 5.74) is 1.75. The van der Waals surface area contributed by atoms with Gasteiger partial charge in [-0.1, -0.05) is 25.1 Å².